The Kier molecular flexibility index (Phi) is 4.88. The number of hydrogen-bond donors (Lipinski definition) is 1. The van der Waals surface area contributed by atoms with Gasteiger partial charge in [0, 0.05) is 17.9 Å². The fourth-order valence-electron chi connectivity index (χ4n) is 2.91. The fraction of sp³-hybridized carbons (Fsp3) is 0.444. The molecule has 2 atom stereocenters. The Balaban J connectivity index is 1.28. The summed E-state index contributed by atoms with van der Waals surface area (Å²) in [5.74, 6) is 1.70. The van der Waals surface area contributed by atoms with E-state index in [2.05, 4.69) is 14.9 Å². The molecular formula is C18H21N3O4S. The molecule has 1 N–H and O–H groups in total. The van der Waals surface area contributed by atoms with E-state index in [-0.39, 0.29) is 18.8 Å². The number of hydrogen-bond acceptors (Lipinski definition) is 6. The molecule has 1 aliphatic heterocycles. The lowest BCUT2D eigenvalue weighted by molar-refractivity contribution is 0.0290. The molecule has 2 aliphatic rings. The molecule has 4 rings (SSSR count). The normalized spacial score (nSPS) is 23.7. The van der Waals surface area contributed by atoms with Gasteiger partial charge in [-0.2, -0.15) is 4.98 Å². The fourth-order valence-corrected chi connectivity index (χ4v) is 3.76. The number of benzene rings is 1. The average molecular weight is 375 g/mol. The molecule has 2 fully saturated rings. The highest BCUT2D eigenvalue weighted by atomic mass is 32.2. The van der Waals surface area contributed by atoms with Gasteiger partial charge in [0.25, 0.3) is 5.89 Å². The summed E-state index contributed by atoms with van der Waals surface area (Å²) in [4.78, 5) is 4.41. The third-order valence-corrected chi connectivity index (χ3v) is 5.60. The zero-order valence-corrected chi connectivity index (χ0v) is 15.1. The first-order valence-corrected chi connectivity index (χ1v) is 10.4. The Morgan fingerprint density at radius 1 is 1.15 bits per heavy atom. The number of nitrogens with one attached hydrogen (secondary N) is 1. The van der Waals surface area contributed by atoms with Crippen LogP contribution in [0.15, 0.2) is 40.3 Å². The lowest BCUT2D eigenvalue weighted by Crippen LogP contribution is -2.30. The quantitative estimate of drug-likeness (QED) is 0.800. The molecule has 1 saturated carbocycles. The molecule has 1 aliphatic carbocycles. The van der Waals surface area contributed by atoms with Gasteiger partial charge in [0.1, 0.15) is 6.10 Å². The number of sulfonamides is 1. The van der Waals surface area contributed by atoms with Gasteiger partial charge in [-0.1, -0.05) is 35.5 Å². The van der Waals surface area contributed by atoms with Crippen LogP contribution in [0.1, 0.15) is 55.0 Å². The van der Waals surface area contributed by atoms with E-state index in [1.807, 2.05) is 30.3 Å². The van der Waals surface area contributed by atoms with Crippen LogP contribution in [0.3, 0.4) is 0 Å². The SMILES string of the molecule is O=S(=O)(/C=C/c1ccccc1)NC[C@H]1CC[C@@H](c2nc(C3CC3)no2)O1. The first-order valence-electron chi connectivity index (χ1n) is 8.81. The van der Waals surface area contributed by atoms with E-state index >= 15 is 0 Å². The van der Waals surface area contributed by atoms with Crippen LogP contribution in [-0.4, -0.2) is 31.2 Å². The van der Waals surface area contributed by atoms with Gasteiger partial charge in [-0.15, -0.1) is 0 Å². The van der Waals surface area contributed by atoms with E-state index in [9.17, 15) is 8.42 Å². The summed E-state index contributed by atoms with van der Waals surface area (Å²) in [5.41, 5.74) is 0.831. The van der Waals surface area contributed by atoms with E-state index in [0.717, 1.165) is 37.1 Å². The van der Waals surface area contributed by atoms with E-state index in [0.29, 0.717) is 11.8 Å². The molecule has 7 nitrogen and oxygen atoms in total. The highest BCUT2D eigenvalue weighted by molar-refractivity contribution is 7.92. The average Bonchev–Trinajstić information content (AvgIpc) is 3.19. The van der Waals surface area contributed by atoms with E-state index in [1.165, 1.54) is 5.41 Å². The lowest BCUT2D eigenvalue weighted by atomic mass is 10.2. The largest absolute Gasteiger partial charge is 0.364 e. The molecule has 0 spiro atoms. The number of aromatic nitrogens is 2. The van der Waals surface area contributed by atoms with Gasteiger partial charge in [0.15, 0.2) is 5.82 Å². The molecule has 138 valence electrons. The van der Waals surface area contributed by atoms with Crippen molar-refractivity contribution in [3.05, 3.63) is 53.0 Å². The zero-order valence-electron chi connectivity index (χ0n) is 14.2. The van der Waals surface area contributed by atoms with Crippen molar-refractivity contribution in [2.45, 2.75) is 43.8 Å². The van der Waals surface area contributed by atoms with Crippen molar-refractivity contribution in [3.63, 3.8) is 0 Å². The summed E-state index contributed by atoms with van der Waals surface area (Å²) in [6, 6.07) is 9.29. The highest BCUT2D eigenvalue weighted by Crippen LogP contribution is 2.39. The van der Waals surface area contributed by atoms with Gasteiger partial charge < -0.3 is 9.26 Å². The summed E-state index contributed by atoms with van der Waals surface area (Å²) in [7, 11) is -3.51. The standard InChI is InChI=1S/C18H21N3O4S/c22-26(23,11-10-13-4-2-1-3-5-13)19-12-15-8-9-16(24-15)18-20-17(21-25-18)14-6-7-14/h1-5,10-11,14-16,19H,6-9,12H2/b11-10+/t15-,16+/m1/s1. The summed E-state index contributed by atoms with van der Waals surface area (Å²) >= 11 is 0. The lowest BCUT2D eigenvalue weighted by Gasteiger charge is -2.11. The van der Waals surface area contributed by atoms with Gasteiger partial charge in [0.05, 0.1) is 6.10 Å². The summed E-state index contributed by atoms with van der Waals surface area (Å²) in [5, 5.41) is 5.17. The monoisotopic (exact) mass is 375 g/mol. The predicted molar refractivity (Wildman–Crippen MR) is 95.5 cm³/mol. The molecule has 2 heterocycles. The van der Waals surface area contributed by atoms with Crippen molar-refractivity contribution in [2.75, 3.05) is 6.54 Å². The smallest absolute Gasteiger partial charge is 0.255 e. The third-order valence-electron chi connectivity index (χ3n) is 4.53. The molecule has 0 bridgehead atoms. The molecule has 1 aromatic heterocycles. The first kappa shape index (κ1) is 17.4. The van der Waals surface area contributed by atoms with Crippen molar-refractivity contribution >= 4 is 16.1 Å². The Labute approximate surface area is 152 Å². The van der Waals surface area contributed by atoms with Crippen LogP contribution < -0.4 is 4.72 Å². The van der Waals surface area contributed by atoms with Crippen LogP contribution in [0.4, 0.5) is 0 Å². The first-order chi connectivity index (χ1) is 12.6. The van der Waals surface area contributed by atoms with Gasteiger partial charge in [-0.25, -0.2) is 13.1 Å². The molecule has 0 unspecified atom stereocenters. The minimum absolute atomic E-state index is 0.198. The van der Waals surface area contributed by atoms with E-state index in [1.54, 1.807) is 6.08 Å². The van der Waals surface area contributed by atoms with E-state index in [4.69, 9.17) is 9.26 Å². The van der Waals surface area contributed by atoms with Crippen molar-refractivity contribution in [3.8, 4) is 0 Å². The summed E-state index contributed by atoms with van der Waals surface area (Å²) in [6.07, 6.45) is 4.85. The molecule has 8 heteroatoms. The van der Waals surface area contributed by atoms with Crippen LogP contribution in [0, 0.1) is 0 Å². The van der Waals surface area contributed by atoms with Crippen LogP contribution in [-0.2, 0) is 14.8 Å². The zero-order chi connectivity index (χ0) is 18.0. The third kappa shape index (κ3) is 4.38. The number of rotatable bonds is 7. The minimum Gasteiger partial charge on any atom is -0.364 e. The number of ether oxygens (including phenoxy) is 1. The number of nitrogens with zero attached hydrogens (tertiary/aromatic N) is 2. The van der Waals surface area contributed by atoms with Crippen LogP contribution in [0.5, 0.6) is 0 Å². The topological polar surface area (TPSA) is 94.3 Å². The molecule has 1 aromatic carbocycles. The maximum atomic E-state index is 12.1. The molecule has 1 saturated heterocycles. The molecular weight excluding hydrogens is 354 g/mol. The maximum absolute atomic E-state index is 12.1. The second kappa shape index (κ2) is 7.30. The highest BCUT2D eigenvalue weighted by Gasteiger charge is 2.34. The minimum atomic E-state index is -3.51. The Hall–Kier alpha value is -2.03. The molecule has 2 aromatic rings. The van der Waals surface area contributed by atoms with Crippen molar-refractivity contribution < 1.29 is 17.7 Å². The predicted octanol–water partition coefficient (Wildman–Crippen LogP) is 2.76. The summed E-state index contributed by atoms with van der Waals surface area (Å²) < 4.78 is 37.9. The van der Waals surface area contributed by atoms with Gasteiger partial charge >= 0.3 is 0 Å². The van der Waals surface area contributed by atoms with Gasteiger partial charge in [-0.05, 0) is 37.3 Å². The van der Waals surface area contributed by atoms with Crippen LogP contribution >= 0.6 is 0 Å². The van der Waals surface area contributed by atoms with E-state index < -0.39 is 10.0 Å². The van der Waals surface area contributed by atoms with Gasteiger partial charge in [0.2, 0.25) is 10.0 Å². The molecule has 0 radical (unpaired) electrons. The second-order valence-electron chi connectivity index (χ2n) is 6.70. The van der Waals surface area contributed by atoms with Crippen molar-refractivity contribution in [1.29, 1.82) is 0 Å². The van der Waals surface area contributed by atoms with Crippen molar-refractivity contribution in [2.24, 2.45) is 0 Å². The maximum Gasteiger partial charge on any atom is 0.255 e. The Morgan fingerprint density at radius 3 is 2.73 bits per heavy atom. The molecule has 0 amide bonds. The molecule has 26 heavy (non-hydrogen) atoms. The van der Waals surface area contributed by atoms with Crippen LogP contribution in [0.2, 0.25) is 0 Å². The Bertz CT molecular complexity index is 875. The van der Waals surface area contributed by atoms with Gasteiger partial charge in [-0.3, -0.25) is 0 Å². The Morgan fingerprint density at radius 2 is 1.96 bits per heavy atom. The van der Waals surface area contributed by atoms with Crippen LogP contribution in [0.25, 0.3) is 6.08 Å². The van der Waals surface area contributed by atoms with Crippen molar-refractivity contribution in [1.82, 2.24) is 14.9 Å². The second-order valence-corrected chi connectivity index (χ2v) is 8.35. The summed E-state index contributed by atoms with van der Waals surface area (Å²) in [6.45, 7) is 0.224.